The predicted molar refractivity (Wildman–Crippen MR) is 142 cm³/mol. The molecule has 5 rings (SSSR count). The lowest BCUT2D eigenvalue weighted by atomic mass is 10.0. The molecule has 0 aliphatic rings. The number of hydrogen-bond donors (Lipinski definition) is 3. The highest BCUT2D eigenvalue weighted by atomic mass is 19.4. The summed E-state index contributed by atoms with van der Waals surface area (Å²) < 4.78 is 39.0. The molecule has 40 heavy (non-hydrogen) atoms. The van der Waals surface area contributed by atoms with E-state index in [0.29, 0.717) is 22.4 Å². The third-order valence-electron chi connectivity index (χ3n) is 5.98. The molecule has 0 unspecified atom stereocenters. The number of hydrogen-bond acceptors (Lipinski definition) is 6. The van der Waals surface area contributed by atoms with E-state index >= 15 is 0 Å². The summed E-state index contributed by atoms with van der Waals surface area (Å²) in [6.07, 6.45) is -3.12. The van der Waals surface area contributed by atoms with Crippen LogP contribution >= 0.6 is 0 Å². The van der Waals surface area contributed by atoms with Gasteiger partial charge < -0.3 is 15.6 Å². The van der Waals surface area contributed by atoms with E-state index in [1.165, 1.54) is 36.5 Å². The number of ketones is 1. The number of aromatic nitrogens is 2. The lowest BCUT2D eigenvalue weighted by Gasteiger charge is -2.10. The number of nitro groups is 1. The van der Waals surface area contributed by atoms with Gasteiger partial charge in [-0.3, -0.25) is 19.7 Å². The Labute approximate surface area is 223 Å². The Balaban J connectivity index is 1.36. The van der Waals surface area contributed by atoms with Gasteiger partial charge in [0.15, 0.2) is 5.78 Å². The number of nitro benzene ring substituents is 1. The molecule has 0 saturated carbocycles. The lowest BCUT2D eigenvalue weighted by Crippen LogP contribution is -2.14. The van der Waals surface area contributed by atoms with Gasteiger partial charge in [-0.05, 0) is 48.5 Å². The first-order chi connectivity index (χ1) is 19.1. The van der Waals surface area contributed by atoms with E-state index in [-0.39, 0.29) is 34.0 Å². The van der Waals surface area contributed by atoms with Crippen LogP contribution in [0.15, 0.2) is 91.1 Å². The number of aromatic amines is 1. The van der Waals surface area contributed by atoms with Gasteiger partial charge in [0.25, 0.3) is 11.6 Å². The van der Waals surface area contributed by atoms with E-state index in [1.807, 2.05) is 0 Å². The van der Waals surface area contributed by atoms with Crippen LogP contribution in [0.5, 0.6) is 0 Å². The fraction of sp³-hybridized carbons (Fsp3) is 0.0357. The van der Waals surface area contributed by atoms with Crippen molar-refractivity contribution in [2.75, 3.05) is 10.6 Å². The van der Waals surface area contributed by atoms with Crippen LogP contribution in [0.2, 0.25) is 0 Å². The van der Waals surface area contributed by atoms with E-state index in [1.54, 1.807) is 36.4 Å². The number of H-pyrrole nitrogens is 1. The topological polar surface area (TPSA) is 130 Å². The van der Waals surface area contributed by atoms with E-state index in [2.05, 4.69) is 20.6 Å². The minimum absolute atomic E-state index is 0.119. The van der Waals surface area contributed by atoms with Crippen LogP contribution in [0.25, 0.3) is 11.0 Å². The summed E-state index contributed by atoms with van der Waals surface area (Å²) in [7, 11) is 0. The average molecular weight is 545 g/mol. The third-order valence-corrected chi connectivity index (χ3v) is 5.98. The number of rotatable bonds is 7. The Morgan fingerprint density at radius 3 is 2.42 bits per heavy atom. The fourth-order valence-electron chi connectivity index (χ4n) is 4.07. The van der Waals surface area contributed by atoms with Crippen LogP contribution in [0.4, 0.5) is 36.1 Å². The number of carbonyl (C=O) groups is 2. The van der Waals surface area contributed by atoms with Crippen LogP contribution in [0.3, 0.4) is 0 Å². The highest BCUT2D eigenvalue weighted by Gasteiger charge is 2.31. The van der Waals surface area contributed by atoms with Crippen LogP contribution in [0, 0.1) is 10.1 Å². The van der Waals surface area contributed by atoms with Gasteiger partial charge in [-0.15, -0.1) is 0 Å². The zero-order valence-corrected chi connectivity index (χ0v) is 20.3. The molecule has 200 valence electrons. The lowest BCUT2D eigenvalue weighted by molar-refractivity contribution is -0.383. The zero-order valence-electron chi connectivity index (χ0n) is 20.3. The van der Waals surface area contributed by atoms with Gasteiger partial charge in [0.05, 0.1) is 10.5 Å². The second kappa shape index (κ2) is 10.3. The van der Waals surface area contributed by atoms with Gasteiger partial charge in [0.2, 0.25) is 0 Å². The predicted octanol–water partition coefficient (Wildman–Crippen LogP) is 6.72. The first-order valence-corrected chi connectivity index (χ1v) is 11.7. The number of benzene rings is 3. The van der Waals surface area contributed by atoms with Gasteiger partial charge >= 0.3 is 6.18 Å². The maximum absolute atomic E-state index is 13.3. The number of para-hydroxylation sites is 2. The van der Waals surface area contributed by atoms with Crippen molar-refractivity contribution in [1.82, 2.24) is 9.97 Å². The number of fused-ring (bicyclic) bond motifs is 1. The monoisotopic (exact) mass is 545 g/mol. The Kier molecular flexibility index (Phi) is 6.74. The van der Waals surface area contributed by atoms with Crippen molar-refractivity contribution in [2.24, 2.45) is 0 Å². The molecule has 0 aliphatic carbocycles. The average Bonchev–Trinajstić information content (AvgIpc) is 3.36. The van der Waals surface area contributed by atoms with Crippen molar-refractivity contribution < 1.29 is 27.7 Å². The van der Waals surface area contributed by atoms with Crippen molar-refractivity contribution in [2.45, 2.75) is 6.18 Å². The molecule has 9 nitrogen and oxygen atoms in total. The summed E-state index contributed by atoms with van der Waals surface area (Å²) in [5, 5.41) is 17.2. The maximum atomic E-state index is 13.3. The van der Waals surface area contributed by atoms with Crippen molar-refractivity contribution in [3.8, 4) is 0 Å². The van der Waals surface area contributed by atoms with Crippen molar-refractivity contribution in [3.63, 3.8) is 0 Å². The van der Waals surface area contributed by atoms with Gasteiger partial charge in [-0.1, -0.05) is 30.3 Å². The summed E-state index contributed by atoms with van der Waals surface area (Å²) in [6.45, 7) is 0. The molecule has 0 fully saturated rings. The molecule has 0 bridgehead atoms. The van der Waals surface area contributed by atoms with E-state index in [0.717, 1.165) is 18.2 Å². The summed E-state index contributed by atoms with van der Waals surface area (Å²) in [6, 6.07) is 19.4. The van der Waals surface area contributed by atoms with Gasteiger partial charge in [0.1, 0.15) is 17.2 Å². The first-order valence-electron chi connectivity index (χ1n) is 11.7. The number of halogens is 3. The molecule has 3 N–H and O–H groups in total. The Morgan fingerprint density at radius 2 is 1.65 bits per heavy atom. The van der Waals surface area contributed by atoms with Crippen LogP contribution < -0.4 is 10.6 Å². The second-order valence-electron chi connectivity index (χ2n) is 8.64. The summed E-state index contributed by atoms with van der Waals surface area (Å²) in [4.78, 5) is 44.0. The number of carbonyl (C=O) groups excluding carboxylic acids is 2. The largest absolute Gasteiger partial charge is 0.416 e. The molecular formula is C28H18F3N5O4. The molecule has 0 radical (unpaired) electrons. The summed E-state index contributed by atoms with van der Waals surface area (Å²) >= 11 is 0. The third kappa shape index (κ3) is 5.36. The molecule has 2 aromatic heterocycles. The first kappa shape index (κ1) is 26.1. The van der Waals surface area contributed by atoms with Crippen molar-refractivity contribution >= 4 is 45.6 Å². The molecule has 1 amide bonds. The normalized spacial score (nSPS) is 11.3. The van der Waals surface area contributed by atoms with Gasteiger partial charge in [0, 0.05) is 40.0 Å². The molecule has 0 atom stereocenters. The number of alkyl halides is 3. The van der Waals surface area contributed by atoms with Crippen LogP contribution in [0.1, 0.15) is 31.8 Å². The molecule has 12 heteroatoms. The smallest absolute Gasteiger partial charge is 0.345 e. The molecule has 0 saturated heterocycles. The molecular weight excluding hydrogens is 527 g/mol. The minimum Gasteiger partial charge on any atom is -0.345 e. The van der Waals surface area contributed by atoms with Crippen molar-refractivity contribution in [3.05, 3.63) is 123 Å². The van der Waals surface area contributed by atoms with Gasteiger partial charge in [-0.25, -0.2) is 4.98 Å². The zero-order chi connectivity index (χ0) is 28.4. The quantitative estimate of drug-likeness (QED) is 0.118. The Bertz CT molecular complexity index is 1780. The maximum Gasteiger partial charge on any atom is 0.416 e. The van der Waals surface area contributed by atoms with Crippen LogP contribution in [-0.4, -0.2) is 26.6 Å². The second-order valence-corrected chi connectivity index (χ2v) is 8.64. The fourth-order valence-corrected chi connectivity index (χ4v) is 4.07. The van der Waals surface area contributed by atoms with E-state index < -0.39 is 22.6 Å². The highest BCUT2D eigenvalue weighted by molar-refractivity contribution is 6.16. The summed E-state index contributed by atoms with van der Waals surface area (Å²) in [5.41, 5.74) is 0.115. The van der Waals surface area contributed by atoms with Crippen molar-refractivity contribution in [1.29, 1.82) is 0 Å². The molecule has 2 heterocycles. The number of pyridine rings is 1. The SMILES string of the molecule is O=C(Nc1cccc(C(=O)c2c[nH]c3nc(Nc4ccccc4[N+](=O)[O-])ccc23)c1)c1cccc(C(F)(F)F)c1. The highest BCUT2D eigenvalue weighted by Crippen LogP contribution is 2.30. The van der Waals surface area contributed by atoms with E-state index in [9.17, 15) is 32.9 Å². The van der Waals surface area contributed by atoms with Gasteiger partial charge in [-0.2, -0.15) is 13.2 Å². The summed E-state index contributed by atoms with van der Waals surface area (Å²) in [5.74, 6) is -0.824. The molecule has 5 aromatic rings. The van der Waals surface area contributed by atoms with E-state index in [4.69, 9.17) is 0 Å². The molecule has 0 spiro atoms. The number of amides is 1. The minimum atomic E-state index is -4.59. The standard InChI is InChI=1S/C28H18F3N5O4/c29-28(30,31)18-7-3-6-17(13-18)27(38)33-19-8-4-5-16(14-19)25(37)21-15-32-26-20(21)11-12-24(35-26)34-22-9-1-2-10-23(22)36(39)40/h1-15H,(H,33,38)(H2,32,34,35). The molecule has 0 aliphatic heterocycles. The number of nitrogens with one attached hydrogen (secondary N) is 3. The Hall–Kier alpha value is -5.52. The number of anilines is 3. The Morgan fingerprint density at radius 1 is 0.900 bits per heavy atom. The molecule has 3 aromatic carbocycles. The van der Waals surface area contributed by atoms with Crippen LogP contribution in [-0.2, 0) is 6.18 Å². The number of nitrogens with zero attached hydrogens (tertiary/aromatic N) is 2.